The number of azo groups is 1. The normalized spacial score (nSPS) is 23.9. The van der Waals surface area contributed by atoms with Crippen LogP contribution in [-0.4, -0.2) is 59.9 Å². The first kappa shape index (κ1) is 43.5. The van der Waals surface area contributed by atoms with E-state index in [4.69, 9.17) is 27.9 Å². The quantitative estimate of drug-likeness (QED) is 0.0835. The summed E-state index contributed by atoms with van der Waals surface area (Å²) in [6.45, 7) is 0. The van der Waals surface area contributed by atoms with Crippen LogP contribution in [-0.2, 0) is 30.8 Å². The lowest BCUT2D eigenvalue weighted by molar-refractivity contribution is -0.139. The number of allylic oxidation sites excluding steroid dienone is 2. The predicted octanol–water partition coefficient (Wildman–Crippen LogP) is 9.79. The first-order valence-corrected chi connectivity index (χ1v) is 21.2. The Hall–Kier alpha value is -6.78. The van der Waals surface area contributed by atoms with Gasteiger partial charge >= 0.3 is 6.18 Å². The van der Waals surface area contributed by atoms with Crippen molar-refractivity contribution in [3.63, 3.8) is 0 Å². The molecule has 332 valence electrons. The van der Waals surface area contributed by atoms with Gasteiger partial charge in [-0.1, -0.05) is 47.0 Å². The number of nitrogens with zero attached hydrogens (tertiary/aromatic N) is 6. The summed E-state index contributed by atoms with van der Waals surface area (Å²) in [4.78, 5) is 66.6. The first-order valence-electron chi connectivity index (χ1n) is 20.4. The van der Waals surface area contributed by atoms with Crippen LogP contribution >= 0.6 is 23.2 Å². The van der Waals surface area contributed by atoms with E-state index in [2.05, 4.69) is 20.6 Å². The number of hydrogen-bond acceptors (Lipinski definition) is 11. The van der Waals surface area contributed by atoms with Gasteiger partial charge in [0.1, 0.15) is 11.5 Å². The van der Waals surface area contributed by atoms with Gasteiger partial charge in [-0.3, -0.25) is 29.5 Å². The number of hydrazine groups is 1. The molecular formula is C47H38Cl2F3N7O6. The number of nitrogens with one attached hydrogen (secondary N) is 1. The molecule has 18 heteroatoms. The van der Waals surface area contributed by atoms with E-state index in [1.54, 1.807) is 54.6 Å². The van der Waals surface area contributed by atoms with Gasteiger partial charge in [0, 0.05) is 42.5 Å². The number of benzene rings is 4. The monoisotopic (exact) mass is 923 g/mol. The zero-order valence-corrected chi connectivity index (χ0v) is 36.3. The number of pyridine rings is 1. The number of phenols is 1. The smallest absolute Gasteiger partial charge is 0.417 e. The molecule has 0 spiro atoms. The number of phenolic OH excluding ortho intramolecular Hbond substituents is 1. The number of aromatic hydroxyl groups is 1. The van der Waals surface area contributed by atoms with Gasteiger partial charge in [0.05, 0.1) is 57.9 Å². The molecule has 2 saturated heterocycles. The number of amides is 4. The third kappa shape index (κ3) is 7.24. The number of rotatable bonds is 9. The summed E-state index contributed by atoms with van der Waals surface area (Å²) in [7, 11) is 5.29. The molecule has 6 atom stereocenters. The third-order valence-corrected chi connectivity index (χ3v) is 13.4. The highest BCUT2D eigenvalue weighted by Crippen LogP contribution is 2.65. The summed E-state index contributed by atoms with van der Waals surface area (Å²) in [5.41, 5.74) is 3.07. The van der Waals surface area contributed by atoms with Crippen LogP contribution in [0.25, 0.3) is 0 Å². The van der Waals surface area contributed by atoms with Crippen LogP contribution in [0.1, 0.15) is 35.4 Å². The summed E-state index contributed by atoms with van der Waals surface area (Å²) >= 11 is 12.7. The highest BCUT2D eigenvalue weighted by molar-refractivity contribution is 6.33. The van der Waals surface area contributed by atoms with Crippen LogP contribution in [0.3, 0.4) is 0 Å². The molecule has 1 aromatic heterocycles. The molecule has 2 N–H and O–H groups in total. The predicted molar refractivity (Wildman–Crippen MR) is 235 cm³/mol. The molecule has 0 radical (unpaired) electrons. The summed E-state index contributed by atoms with van der Waals surface area (Å²) < 4.78 is 46.3. The zero-order valence-electron chi connectivity index (χ0n) is 34.8. The minimum absolute atomic E-state index is 0.0915. The van der Waals surface area contributed by atoms with E-state index in [0.717, 1.165) is 10.6 Å². The average Bonchev–Trinajstić information content (AvgIpc) is 3.67. The molecule has 5 aromatic rings. The summed E-state index contributed by atoms with van der Waals surface area (Å²) in [5, 5.41) is 20.8. The molecule has 4 aliphatic rings. The van der Waals surface area contributed by atoms with Gasteiger partial charge in [0.2, 0.25) is 11.8 Å². The molecule has 0 bridgehead atoms. The molecular weight excluding hydrogens is 886 g/mol. The number of methoxy groups -OCH3 is 1. The van der Waals surface area contributed by atoms with Gasteiger partial charge in [-0.2, -0.15) is 28.4 Å². The van der Waals surface area contributed by atoms with Crippen LogP contribution in [0.15, 0.2) is 125 Å². The van der Waals surface area contributed by atoms with Crippen molar-refractivity contribution in [2.45, 2.75) is 30.4 Å². The number of carbonyl (C=O) groups is 4. The number of alkyl halides is 3. The standard InChI is InChI=1S/C47H38Cl2F3N7O6/c1-57(2)29-12-8-27(9-13-29)54-55-28-10-14-30(15-11-28)58-42(61)33-18-17-32-34(39(33)44(58)63)22-36-43(62)59(56-41-37(49)20-25(23-53-41)47(50,51)52)45(64)46(36,24-4-6-26(48)7-5-24)40(32)35-21-31(65-3)16-19-38(35)60/h4-17,19-21,23,33-34,36,39-40,60H,18,22H2,1-3H3,(H,53,56)/t33-,34+,36-,39-,40+,46+/m0/s1. The molecule has 65 heavy (non-hydrogen) atoms. The van der Waals surface area contributed by atoms with Gasteiger partial charge in [0.25, 0.3) is 11.8 Å². The number of fused-ring (bicyclic) bond motifs is 4. The maximum absolute atomic E-state index is 15.5. The zero-order chi connectivity index (χ0) is 46.1. The molecule has 13 nitrogen and oxygen atoms in total. The fourth-order valence-corrected chi connectivity index (χ4v) is 10.2. The Balaban J connectivity index is 1.12. The number of imide groups is 2. The van der Waals surface area contributed by atoms with Gasteiger partial charge < -0.3 is 14.7 Å². The van der Waals surface area contributed by atoms with Gasteiger partial charge in [-0.25, -0.2) is 4.98 Å². The Morgan fingerprint density at radius 3 is 2.14 bits per heavy atom. The number of halogens is 5. The van der Waals surface area contributed by atoms with E-state index >= 15 is 9.59 Å². The average molecular weight is 925 g/mol. The van der Waals surface area contributed by atoms with Gasteiger partial charge in [0.15, 0.2) is 5.82 Å². The fraction of sp³-hybridized carbons (Fsp3) is 0.255. The van der Waals surface area contributed by atoms with Gasteiger partial charge in [-0.15, -0.1) is 0 Å². The first-order chi connectivity index (χ1) is 31.0. The largest absolute Gasteiger partial charge is 0.508 e. The number of anilines is 3. The van der Waals surface area contributed by atoms with Crippen molar-refractivity contribution < 1.29 is 42.2 Å². The van der Waals surface area contributed by atoms with E-state index in [1.165, 1.54) is 19.2 Å². The Bertz CT molecular complexity index is 2820. The minimum atomic E-state index is -4.78. The van der Waals surface area contributed by atoms with Crippen LogP contribution in [0.5, 0.6) is 11.5 Å². The lowest BCUT2D eigenvalue weighted by Gasteiger charge is -2.50. The van der Waals surface area contributed by atoms with E-state index in [9.17, 15) is 27.9 Å². The lowest BCUT2D eigenvalue weighted by atomic mass is 9.49. The van der Waals surface area contributed by atoms with Crippen molar-refractivity contribution in [1.29, 1.82) is 0 Å². The van der Waals surface area contributed by atoms with Crippen molar-refractivity contribution in [2.24, 2.45) is 33.9 Å². The Kier molecular flexibility index (Phi) is 10.9. The number of ether oxygens (including phenoxy) is 1. The maximum Gasteiger partial charge on any atom is 0.417 e. The molecule has 1 saturated carbocycles. The van der Waals surface area contributed by atoms with Crippen LogP contribution in [0, 0.1) is 23.7 Å². The number of hydrogen-bond donors (Lipinski definition) is 2. The molecule has 2 aliphatic carbocycles. The second kappa shape index (κ2) is 16.3. The number of aromatic nitrogens is 1. The summed E-state index contributed by atoms with van der Waals surface area (Å²) in [6.07, 6.45) is -2.46. The Morgan fingerprint density at radius 1 is 0.862 bits per heavy atom. The second-order valence-electron chi connectivity index (χ2n) is 16.5. The Labute approximate surface area is 380 Å². The van der Waals surface area contributed by atoms with E-state index in [1.807, 2.05) is 49.3 Å². The van der Waals surface area contributed by atoms with Crippen molar-refractivity contribution in [2.75, 3.05) is 36.4 Å². The molecule has 4 amide bonds. The topological polar surface area (TPSA) is 157 Å². The second-order valence-corrected chi connectivity index (χ2v) is 17.3. The Morgan fingerprint density at radius 2 is 1.52 bits per heavy atom. The van der Waals surface area contributed by atoms with Crippen LogP contribution in [0.2, 0.25) is 10.0 Å². The minimum Gasteiger partial charge on any atom is -0.508 e. The SMILES string of the molecule is COc1ccc(O)c([C@H]2C3=CC[C@@H]4C(=O)N(c5ccc(N=Nc6ccc(N(C)C)cc6)cc5)C(=O)[C@@H]4[C@@H]3C[C@H]3C(=O)N(Nc4ncc(C(F)(F)F)cc4Cl)C(=O)[C@@]23c2ccc(Cl)cc2)c1. The van der Waals surface area contributed by atoms with E-state index in [-0.39, 0.29) is 24.2 Å². The number of carbonyl (C=O) groups excluding carboxylic acids is 4. The maximum atomic E-state index is 15.5. The van der Waals surface area contributed by atoms with E-state index < -0.39 is 81.2 Å². The summed E-state index contributed by atoms with van der Waals surface area (Å²) in [5.74, 6) is -8.00. The lowest BCUT2D eigenvalue weighted by Crippen LogP contribution is -2.53. The fourth-order valence-electron chi connectivity index (χ4n) is 9.87. The molecule has 3 heterocycles. The van der Waals surface area contributed by atoms with Crippen molar-refractivity contribution in [3.8, 4) is 11.5 Å². The van der Waals surface area contributed by atoms with Crippen LogP contribution in [0.4, 0.5) is 41.7 Å². The third-order valence-electron chi connectivity index (χ3n) is 12.9. The molecule has 0 unspecified atom stereocenters. The van der Waals surface area contributed by atoms with Crippen molar-refractivity contribution >= 4 is 75.4 Å². The highest BCUT2D eigenvalue weighted by atomic mass is 35.5. The van der Waals surface area contributed by atoms with Gasteiger partial charge in [-0.05, 0) is 109 Å². The molecule has 3 fully saturated rings. The molecule has 2 aliphatic heterocycles. The van der Waals surface area contributed by atoms with Crippen molar-refractivity contribution in [3.05, 3.63) is 142 Å². The van der Waals surface area contributed by atoms with Crippen molar-refractivity contribution in [1.82, 2.24) is 9.99 Å². The molecule has 9 rings (SSSR count). The summed E-state index contributed by atoms with van der Waals surface area (Å²) in [6, 6.07) is 25.4. The van der Waals surface area contributed by atoms with Crippen LogP contribution < -0.4 is 20.0 Å². The van der Waals surface area contributed by atoms with E-state index in [0.29, 0.717) is 56.2 Å². The molecule has 4 aromatic carbocycles. The highest BCUT2D eigenvalue weighted by Gasteiger charge is 2.71.